The molecular formula is C27H26Cl2FN3O. The number of amides is 1. The SMILES string of the molecule is O=C(c1nn(-c2ccc(Cl)cc2Cl)c2c1CCCC/C2=C\c1ccc(F)cc1)N1CCCCC1. The number of carbonyl (C=O) groups excluding carboxylic acids is 1. The smallest absolute Gasteiger partial charge is 0.274 e. The van der Waals surface area contributed by atoms with Crippen LogP contribution in [0.1, 0.15) is 65.8 Å². The lowest BCUT2D eigenvalue weighted by atomic mass is 10.0. The van der Waals surface area contributed by atoms with Crippen LogP contribution in [0.25, 0.3) is 17.3 Å². The van der Waals surface area contributed by atoms with Crippen molar-refractivity contribution in [2.75, 3.05) is 13.1 Å². The molecule has 3 aromatic rings. The monoisotopic (exact) mass is 497 g/mol. The third-order valence-electron chi connectivity index (χ3n) is 6.61. The van der Waals surface area contributed by atoms with Crippen LogP contribution in [-0.4, -0.2) is 33.7 Å². The quantitative estimate of drug-likeness (QED) is 0.358. The average Bonchev–Trinajstić information content (AvgIpc) is 3.09. The van der Waals surface area contributed by atoms with Gasteiger partial charge in [0.15, 0.2) is 5.69 Å². The summed E-state index contributed by atoms with van der Waals surface area (Å²) in [6.07, 6.45) is 8.83. The molecule has 0 unspecified atom stereocenters. The number of nitrogens with zero attached hydrogens (tertiary/aromatic N) is 3. The second-order valence-corrected chi connectivity index (χ2v) is 9.81. The zero-order chi connectivity index (χ0) is 23.7. The van der Waals surface area contributed by atoms with E-state index in [0.29, 0.717) is 21.4 Å². The van der Waals surface area contributed by atoms with E-state index in [1.54, 1.807) is 24.3 Å². The van der Waals surface area contributed by atoms with Crippen LogP contribution in [0.5, 0.6) is 0 Å². The summed E-state index contributed by atoms with van der Waals surface area (Å²) in [6, 6.07) is 11.8. The summed E-state index contributed by atoms with van der Waals surface area (Å²) in [7, 11) is 0. The summed E-state index contributed by atoms with van der Waals surface area (Å²) in [4.78, 5) is 15.5. The number of halogens is 3. The maximum absolute atomic E-state index is 13.6. The molecule has 2 aromatic carbocycles. The van der Waals surface area contributed by atoms with Gasteiger partial charge in [-0.15, -0.1) is 0 Å². The highest BCUT2D eigenvalue weighted by atomic mass is 35.5. The van der Waals surface area contributed by atoms with Crippen LogP contribution in [0, 0.1) is 5.82 Å². The molecule has 1 aliphatic heterocycles. The molecule has 7 heteroatoms. The Bertz CT molecular complexity index is 1240. The third kappa shape index (κ3) is 4.64. The maximum atomic E-state index is 13.6. The van der Waals surface area contributed by atoms with Gasteiger partial charge in [0.25, 0.3) is 5.91 Å². The first-order valence-electron chi connectivity index (χ1n) is 11.8. The van der Waals surface area contributed by atoms with Crippen molar-refractivity contribution in [2.45, 2.75) is 44.9 Å². The van der Waals surface area contributed by atoms with E-state index < -0.39 is 0 Å². The van der Waals surface area contributed by atoms with Crippen molar-refractivity contribution in [3.05, 3.63) is 80.8 Å². The van der Waals surface area contributed by atoms with Crippen molar-refractivity contribution in [3.8, 4) is 5.69 Å². The topological polar surface area (TPSA) is 38.1 Å². The van der Waals surface area contributed by atoms with Crippen LogP contribution in [-0.2, 0) is 6.42 Å². The minimum Gasteiger partial charge on any atom is -0.337 e. The Morgan fingerprint density at radius 3 is 2.41 bits per heavy atom. The van der Waals surface area contributed by atoms with Gasteiger partial charge in [-0.05, 0) is 92.5 Å². The highest BCUT2D eigenvalue weighted by Gasteiger charge is 2.30. The van der Waals surface area contributed by atoms with Gasteiger partial charge in [0.1, 0.15) is 5.82 Å². The highest BCUT2D eigenvalue weighted by molar-refractivity contribution is 6.35. The lowest BCUT2D eigenvalue weighted by Gasteiger charge is -2.26. The summed E-state index contributed by atoms with van der Waals surface area (Å²) >= 11 is 12.8. The molecule has 2 aliphatic rings. The second kappa shape index (κ2) is 9.93. The number of hydrogen-bond donors (Lipinski definition) is 0. The van der Waals surface area contributed by atoms with Crippen molar-refractivity contribution >= 4 is 40.8 Å². The molecule has 0 bridgehead atoms. The number of fused-ring (bicyclic) bond motifs is 1. The van der Waals surface area contributed by atoms with Crippen molar-refractivity contribution in [1.82, 2.24) is 14.7 Å². The van der Waals surface area contributed by atoms with Gasteiger partial charge in [0.2, 0.25) is 0 Å². The third-order valence-corrected chi connectivity index (χ3v) is 7.14. The number of piperidine rings is 1. The molecule has 0 radical (unpaired) electrons. The maximum Gasteiger partial charge on any atom is 0.274 e. The number of rotatable bonds is 3. The van der Waals surface area contributed by atoms with E-state index in [4.69, 9.17) is 28.3 Å². The fourth-order valence-corrected chi connectivity index (χ4v) is 5.39. The molecule has 0 N–H and O–H groups in total. The number of carbonyl (C=O) groups is 1. The summed E-state index contributed by atoms with van der Waals surface area (Å²) in [5.74, 6) is -0.279. The molecule has 1 aromatic heterocycles. The van der Waals surface area contributed by atoms with Crippen LogP contribution in [0.4, 0.5) is 4.39 Å². The van der Waals surface area contributed by atoms with Gasteiger partial charge in [-0.2, -0.15) is 5.10 Å². The van der Waals surface area contributed by atoms with Gasteiger partial charge in [0.05, 0.1) is 16.4 Å². The predicted molar refractivity (Wildman–Crippen MR) is 135 cm³/mol. The van der Waals surface area contributed by atoms with E-state index in [2.05, 4.69) is 6.08 Å². The van der Waals surface area contributed by atoms with Crippen molar-refractivity contribution in [2.24, 2.45) is 0 Å². The Balaban J connectivity index is 1.69. The van der Waals surface area contributed by atoms with E-state index in [1.165, 1.54) is 12.1 Å². The van der Waals surface area contributed by atoms with Crippen LogP contribution in [0.2, 0.25) is 10.0 Å². The van der Waals surface area contributed by atoms with Crippen molar-refractivity contribution in [1.29, 1.82) is 0 Å². The predicted octanol–water partition coefficient (Wildman–Crippen LogP) is 7.21. The number of benzene rings is 2. The molecule has 1 amide bonds. The molecule has 0 saturated carbocycles. The van der Waals surface area contributed by atoms with Gasteiger partial charge < -0.3 is 4.90 Å². The summed E-state index contributed by atoms with van der Waals surface area (Å²) in [6.45, 7) is 1.53. The first-order valence-corrected chi connectivity index (χ1v) is 12.6. The van der Waals surface area contributed by atoms with E-state index in [9.17, 15) is 9.18 Å². The summed E-state index contributed by atoms with van der Waals surface area (Å²) < 4.78 is 15.3. The van der Waals surface area contributed by atoms with E-state index in [1.807, 2.05) is 15.6 Å². The Labute approximate surface area is 209 Å². The van der Waals surface area contributed by atoms with Gasteiger partial charge in [-0.3, -0.25) is 4.79 Å². The molecule has 0 atom stereocenters. The van der Waals surface area contributed by atoms with Crippen molar-refractivity contribution < 1.29 is 9.18 Å². The summed E-state index contributed by atoms with van der Waals surface area (Å²) in [5.41, 5.74) is 5.04. The Hall–Kier alpha value is -2.63. The largest absolute Gasteiger partial charge is 0.337 e. The standard InChI is InChI=1S/C27H26Cl2FN3O/c28-20-10-13-24(23(29)17-20)33-26-19(16-18-8-11-21(30)12-9-18)6-2-3-7-22(26)25(31-33)27(34)32-14-4-1-5-15-32/h8-13,16-17H,1-7,14-15H2/b19-16+. The molecule has 2 heterocycles. The zero-order valence-electron chi connectivity index (χ0n) is 18.9. The highest BCUT2D eigenvalue weighted by Crippen LogP contribution is 2.37. The lowest BCUT2D eigenvalue weighted by molar-refractivity contribution is 0.0716. The second-order valence-electron chi connectivity index (χ2n) is 8.96. The number of likely N-dealkylation sites (tertiary alicyclic amines) is 1. The fraction of sp³-hybridized carbons (Fsp3) is 0.333. The summed E-state index contributed by atoms with van der Waals surface area (Å²) in [5, 5.41) is 5.89. The first kappa shape index (κ1) is 23.1. The average molecular weight is 498 g/mol. The minimum atomic E-state index is -0.267. The van der Waals surface area contributed by atoms with Gasteiger partial charge in [0, 0.05) is 23.7 Å². The molecule has 4 nitrogen and oxygen atoms in total. The van der Waals surface area contributed by atoms with Crippen LogP contribution in [0.15, 0.2) is 42.5 Å². The van der Waals surface area contributed by atoms with E-state index >= 15 is 0 Å². The van der Waals surface area contributed by atoms with Gasteiger partial charge in [-0.1, -0.05) is 35.3 Å². The minimum absolute atomic E-state index is 0.0113. The molecule has 0 spiro atoms. The molecular weight excluding hydrogens is 472 g/mol. The fourth-order valence-electron chi connectivity index (χ4n) is 4.90. The van der Waals surface area contributed by atoms with Gasteiger partial charge >= 0.3 is 0 Å². The Morgan fingerprint density at radius 1 is 0.941 bits per heavy atom. The normalized spacial score (nSPS) is 17.5. The first-order chi connectivity index (χ1) is 16.5. The van der Waals surface area contributed by atoms with E-state index in [0.717, 1.165) is 80.4 Å². The number of allylic oxidation sites excluding steroid dienone is 1. The molecule has 176 valence electrons. The van der Waals surface area contributed by atoms with Crippen LogP contribution < -0.4 is 0 Å². The van der Waals surface area contributed by atoms with E-state index in [-0.39, 0.29) is 11.7 Å². The molecule has 5 rings (SSSR count). The Morgan fingerprint density at radius 2 is 1.68 bits per heavy atom. The van der Waals surface area contributed by atoms with Gasteiger partial charge in [-0.25, -0.2) is 9.07 Å². The molecule has 1 fully saturated rings. The number of hydrogen-bond acceptors (Lipinski definition) is 2. The zero-order valence-corrected chi connectivity index (χ0v) is 20.4. The molecule has 34 heavy (non-hydrogen) atoms. The molecule has 1 saturated heterocycles. The van der Waals surface area contributed by atoms with Crippen LogP contribution >= 0.6 is 23.2 Å². The number of aromatic nitrogens is 2. The Kier molecular flexibility index (Phi) is 6.75. The lowest BCUT2D eigenvalue weighted by Crippen LogP contribution is -2.36. The van der Waals surface area contributed by atoms with Crippen molar-refractivity contribution in [3.63, 3.8) is 0 Å². The van der Waals surface area contributed by atoms with Crippen LogP contribution in [0.3, 0.4) is 0 Å². The molecule has 1 aliphatic carbocycles.